The molecule has 0 N–H and O–H groups in total. The van der Waals surface area contributed by atoms with Crippen LogP contribution >= 0.6 is 0 Å². The number of hydrogen-bond acceptors (Lipinski definition) is 6. The molecule has 9 nitrogen and oxygen atoms in total. The molecule has 4 rings (SSSR count). The molecule has 10 heteroatoms. The highest BCUT2D eigenvalue weighted by molar-refractivity contribution is 7.89. The summed E-state index contributed by atoms with van der Waals surface area (Å²) < 4.78 is 38.7. The first-order valence-electron chi connectivity index (χ1n) is 10.1. The molecule has 3 aliphatic rings. The zero-order chi connectivity index (χ0) is 21.5. The molecule has 2 fully saturated rings. The van der Waals surface area contributed by atoms with E-state index in [-0.39, 0.29) is 23.3 Å². The Morgan fingerprint density at radius 3 is 2.73 bits per heavy atom. The lowest BCUT2D eigenvalue weighted by Gasteiger charge is -2.29. The maximum absolute atomic E-state index is 13.3. The van der Waals surface area contributed by atoms with Crippen LogP contribution in [0.3, 0.4) is 0 Å². The van der Waals surface area contributed by atoms with Gasteiger partial charge >= 0.3 is 0 Å². The van der Waals surface area contributed by atoms with Crippen LogP contribution in [0.15, 0.2) is 23.1 Å². The fraction of sp³-hybridized carbons (Fsp3) is 0.600. The van der Waals surface area contributed by atoms with Crippen LogP contribution in [0.2, 0.25) is 0 Å². The standard InChI is InChI=1S/C20H27N3O6S/c1-15(24)23-10-12-29-18-4-3-16(13-17(18)23)30(26,27)22-8-6-20(14-22)5-7-21(19(20)25)9-11-28-2/h3-4,13H,5-12,14H2,1-2H3. The van der Waals surface area contributed by atoms with Crippen molar-refractivity contribution in [3.63, 3.8) is 0 Å². The molecule has 164 valence electrons. The van der Waals surface area contributed by atoms with Gasteiger partial charge in [-0.2, -0.15) is 4.31 Å². The minimum atomic E-state index is -3.80. The number of likely N-dealkylation sites (tertiary alicyclic amines) is 1. The van der Waals surface area contributed by atoms with E-state index in [0.29, 0.717) is 63.7 Å². The number of carbonyl (C=O) groups excluding carboxylic acids is 2. The molecular formula is C20H27N3O6S. The van der Waals surface area contributed by atoms with E-state index in [1.54, 1.807) is 18.1 Å². The van der Waals surface area contributed by atoms with Crippen LogP contribution in [-0.4, -0.2) is 82.5 Å². The number of hydrogen-bond donors (Lipinski definition) is 0. The van der Waals surface area contributed by atoms with Crippen LogP contribution in [0, 0.1) is 5.41 Å². The summed E-state index contributed by atoms with van der Waals surface area (Å²) in [5.74, 6) is 0.341. The van der Waals surface area contributed by atoms with Gasteiger partial charge in [0.15, 0.2) is 0 Å². The Labute approximate surface area is 176 Å². The molecule has 0 aromatic heterocycles. The van der Waals surface area contributed by atoms with Gasteiger partial charge in [-0.25, -0.2) is 8.42 Å². The number of sulfonamides is 1. The molecule has 1 unspecified atom stereocenters. The van der Waals surface area contributed by atoms with Gasteiger partial charge in [-0.1, -0.05) is 0 Å². The Morgan fingerprint density at radius 2 is 2.00 bits per heavy atom. The van der Waals surface area contributed by atoms with Crippen LogP contribution in [0.1, 0.15) is 19.8 Å². The topological polar surface area (TPSA) is 96.5 Å². The lowest BCUT2D eigenvalue weighted by molar-refractivity contribution is -0.135. The van der Waals surface area contributed by atoms with E-state index in [4.69, 9.17) is 9.47 Å². The molecular weight excluding hydrogens is 410 g/mol. The Morgan fingerprint density at radius 1 is 1.23 bits per heavy atom. The predicted molar refractivity (Wildman–Crippen MR) is 109 cm³/mol. The quantitative estimate of drug-likeness (QED) is 0.673. The minimum Gasteiger partial charge on any atom is -0.490 e. The van der Waals surface area contributed by atoms with Crippen LogP contribution in [0.5, 0.6) is 5.75 Å². The number of carbonyl (C=O) groups is 2. The monoisotopic (exact) mass is 437 g/mol. The van der Waals surface area contributed by atoms with Crippen molar-refractivity contribution in [3.8, 4) is 5.75 Å². The third kappa shape index (κ3) is 3.46. The van der Waals surface area contributed by atoms with Crippen molar-refractivity contribution in [2.75, 3.05) is 57.9 Å². The van der Waals surface area contributed by atoms with Gasteiger partial charge in [0.05, 0.1) is 29.1 Å². The largest absolute Gasteiger partial charge is 0.490 e. The van der Waals surface area contributed by atoms with Crippen LogP contribution in [-0.2, 0) is 24.3 Å². The van der Waals surface area contributed by atoms with E-state index in [0.717, 1.165) is 0 Å². The van der Waals surface area contributed by atoms with Gasteiger partial charge in [0.2, 0.25) is 21.8 Å². The summed E-state index contributed by atoms with van der Waals surface area (Å²) >= 11 is 0. The average Bonchev–Trinajstić information content (AvgIpc) is 3.31. The second-order valence-electron chi connectivity index (χ2n) is 8.05. The molecule has 1 atom stereocenters. The molecule has 3 aliphatic heterocycles. The minimum absolute atomic E-state index is 0.0128. The fourth-order valence-corrected chi connectivity index (χ4v) is 6.11. The molecule has 1 spiro atoms. The number of rotatable bonds is 5. The molecule has 3 heterocycles. The SMILES string of the molecule is COCCN1CCC2(CCN(S(=O)(=O)c3ccc4c(c3)N(C(C)=O)CCO4)C2)C1=O. The highest BCUT2D eigenvalue weighted by Crippen LogP contribution is 2.43. The van der Waals surface area contributed by atoms with Crippen molar-refractivity contribution in [2.24, 2.45) is 5.41 Å². The van der Waals surface area contributed by atoms with Crippen molar-refractivity contribution >= 4 is 27.5 Å². The van der Waals surface area contributed by atoms with Gasteiger partial charge in [0, 0.05) is 40.2 Å². The molecule has 2 saturated heterocycles. The number of benzene rings is 1. The summed E-state index contributed by atoms with van der Waals surface area (Å²) in [7, 11) is -2.20. The van der Waals surface area contributed by atoms with E-state index in [2.05, 4.69) is 0 Å². The van der Waals surface area contributed by atoms with E-state index in [1.807, 2.05) is 0 Å². The first-order valence-corrected chi connectivity index (χ1v) is 11.6. The van der Waals surface area contributed by atoms with E-state index < -0.39 is 15.4 Å². The second kappa shape index (κ2) is 7.82. The summed E-state index contributed by atoms with van der Waals surface area (Å²) in [6.45, 7) is 4.29. The Kier molecular flexibility index (Phi) is 5.50. The first-order chi connectivity index (χ1) is 14.3. The highest BCUT2D eigenvalue weighted by Gasteiger charge is 2.52. The summed E-state index contributed by atoms with van der Waals surface area (Å²) in [4.78, 5) is 28.3. The number of methoxy groups -OCH3 is 1. The molecule has 30 heavy (non-hydrogen) atoms. The molecule has 0 saturated carbocycles. The number of fused-ring (bicyclic) bond motifs is 1. The highest BCUT2D eigenvalue weighted by atomic mass is 32.2. The average molecular weight is 438 g/mol. The van der Waals surface area contributed by atoms with Crippen molar-refractivity contribution < 1.29 is 27.5 Å². The van der Waals surface area contributed by atoms with Crippen LogP contribution in [0.25, 0.3) is 0 Å². The zero-order valence-corrected chi connectivity index (χ0v) is 18.1. The summed E-state index contributed by atoms with van der Waals surface area (Å²) in [6.07, 6.45) is 1.17. The van der Waals surface area contributed by atoms with Crippen molar-refractivity contribution in [2.45, 2.75) is 24.7 Å². The zero-order valence-electron chi connectivity index (χ0n) is 17.3. The molecule has 0 aliphatic carbocycles. The normalized spacial score (nSPS) is 24.4. The van der Waals surface area contributed by atoms with Crippen molar-refractivity contribution in [1.29, 1.82) is 0 Å². The number of nitrogens with zero attached hydrogens (tertiary/aromatic N) is 3. The van der Waals surface area contributed by atoms with E-state index >= 15 is 0 Å². The second-order valence-corrected chi connectivity index (χ2v) is 9.99. The molecule has 2 amide bonds. The third-order valence-electron chi connectivity index (χ3n) is 6.30. The maximum Gasteiger partial charge on any atom is 0.243 e. The number of amides is 2. The predicted octanol–water partition coefficient (Wildman–Crippen LogP) is 0.691. The van der Waals surface area contributed by atoms with Crippen molar-refractivity contribution in [1.82, 2.24) is 9.21 Å². The fourth-order valence-electron chi connectivity index (χ4n) is 4.56. The Balaban J connectivity index is 1.56. The third-order valence-corrected chi connectivity index (χ3v) is 8.14. The molecule has 1 aromatic rings. The smallest absolute Gasteiger partial charge is 0.243 e. The molecule has 1 aromatic carbocycles. The summed E-state index contributed by atoms with van der Waals surface area (Å²) in [5, 5.41) is 0. The van der Waals surface area contributed by atoms with Crippen LogP contribution < -0.4 is 9.64 Å². The van der Waals surface area contributed by atoms with Crippen molar-refractivity contribution in [3.05, 3.63) is 18.2 Å². The Hall–Kier alpha value is -2.17. The van der Waals surface area contributed by atoms with Gasteiger partial charge in [0.1, 0.15) is 12.4 Å². The van der Waals surface area contributed by atoms with Gasteiger partial charge in [0.25, 0.3) is 0 Å². The number of anilines is 1. The molecule has 0 bridgehead atoms. The van der Waals surface area contributed by atoms with Gasteiger partial charge < -0.3 is 19.3 Å². The van der Waals surface area contributed by atoms with Gasteiger partial charge in [-0.3, -0.25) is 9.59 Å². The van der Waals surface area contributed by atoms with Crippen LogP contribution in [0.4, 0.5) is 5.69 Å². The number of ether oxygens (including phenoxy) is 2. The summed E-state index contributed by atoms with van der Waals surface area (Å²) in [5.41, 5.74) is -0.185. The lowest BCUT2D eigenvalue weighted by Crippen LogP contribution is -2.39. The molecule has 0 radical (unpaired) electrons. The van der Waals surface area contributed by atoms with E-state index in [9.17, 15) is 18.0 Å². The van der Waals surface area contributed by atoms with E-state index in [1.165, 1.54) is 28.3 Å². The van der Waals surface area contributed by atoms with Gasteiger partial charge in [-0.05, 0) is 31.0 Å². The Bertz CT molecular complexity index is 965. The van der Waals surface area contributed by atoms with Gasteiger partial charge in [-0.15, -0.1) is 0 Å². The lowest BCUT2D eigenvalue weighted by atomic mass is 9.86. The first kappa shape index (κ1) is 21.1. The maximum atomic E-state index is 13.3. The summed E-state index contributed by atoms with van der Waals surface area (Å²) in [6, 6.07) is 4.60.